The molecule has 0 spiro atoms. The quantitative estimate of drug-likeness (QED) is 0.596. The lowest BCUT2D eigenvalue weighted by Gasteiger charge is -2.12. The van der Waals surface area contributed by atoms with E-state index >= 15 is 0 Å². The van der Waals surface area contributed by atoms with Gasteiger partial charge in [0.1, 0.15) is 5.71 Å². The van der Waals surface area contributed by atoms with Crippen LogP contribution in [0.5, 0.6) is 0 Å². The maximum atomic E-state index is 11.9. The smallest absolute Gasteiger partial charge is 0.338 e. The number of oxime groups is 1. The van der Waals surface area contributed by atoms with E-state index in [1.54, 1.807) is 17.8 Å². The molecule has 128 valence electrons. The van der Waals surface area contributed by atoms with E-state index in [4.69, 9.17) is 4.84 Å². The van der Waals surface area contributed by atoms with Gasteiger partial charge in [0.15, 0.2) is 0 Å². The molecule has 0 fully saturated rings. The van der Waals surface area contributed by atoms with Gasteiger partial charge in [-0.25, -0.2) is 4.79 Å². The van der Waals surface area contributed by atoms with Gasteiger partial charge in [-0.3, -0.25) is 0 Å². The fourth-order valence-corrected chi connectivity index (χ4v) is 3.85. The molecule has 0 saturated heterocycles. The SMILES string of the molecule is CN1/C(=C/C=C/C=C2/C(=O)ON=C2c2ccccc2)Sc2ccccc21. The molecule has 0 aliphatic carbocycles. The van der Waals surface area contributed by atoms with E-state index in [1.807, 2.05) is 67.7 Å². The predicted octanol–water partition coefficient (Wildman–Crippen LogP) is 4.51. The first-order chi connectivity index (χ1) is 12.7. The first-order valence-corrected chi connectivity index (χ1v) is 9.00. The highest BCUT2D eigenvalue weighted by molar-refractivity contribution is 8.03. The summed E-state index contributed by atoms with van der Waals surface area (Å²) >= 11 is 1.72. The molecule has 2 aromatic rings. The Labute approximate surface area is 156 Å². The van der Waals surface area contributed by atoms with Gasteiger partial charge in [-0.05, 0) is 24.3 Å². The number of rotatable bonds is 3. The van der Waals surface area contributed by atoms with Gasteiger partial charge in [0.05, 0.1) is 16.3 Å². The van der Waals surface area contributed by atoms with Crippen LogP contribution in [0, 0.1) is 0 Å². The van der Waals surface area contributed by atoms with Crippen LogP contribution in [0.4, 0.5) is 5.69 Å². The minimum atomic E-state index is -0.430. The Morgan fingerprint density at radius 2 is 1.73 bits per heavy atom. The highest BCUT2D eigenvalue weighted by Crippen LogP contribution is 2.44. The Kier molecular flexibility index (Phi) is 4.46. The molecule has 0 saturated carbocycles. The molecule has 2 aliphatic rings. The highest BCUT2D eigenvalue weighted by atomic mass is 32.2. The van der Waals surface area contributed by atoms with Gasteiger partial charge in [0.2, 0.25) is 0 Å². The highest BCUT2D eigenvalue weighted by Gasteiger charge is 2.26. The fraction of sp³-hybridized carbons (Fsp3) is 0.0476. The zero-order valence-corrected chi connectivity index (χ0v) is 14.9. The Morgan fingerprint density at radius 3 is 2.54 bits per heavy atom. The Morgan fingerprint density at radius 1 is 1.00 bits per heavy atom. The Hall–Kier alpha value is -3.05. The van der Waals surface area contributed by atoms with Gasteiger partial charge in [0.25, 0.3) is 0 Å². The molecule has 0 atom stereocenters. The molecule has 2 aromatic carbocycles. The summed E-state index contributed by atoms with van der Waals surface area (Å²) in [6.07, 6.45) is 7.53. The molecular weight excluding hydrogens is 344 g/mol. The van der Waals surface area contributed by atoms with Crippen molar-refractivity contribution in [1.29, 1.82) is 0 Å². The molecule has 0 unspecified atom stereocenters. The van der Waals surface area contributed by atoms with E-state index in [9.17, 15) is 4.79 Å². The van der Waals surface area contributed by atoms with E-state index in [0.29, 0.717) is 11.3 Å². The maximum Gasteiger partial charge on any atom is 0.368 e. The van der Waals surface area contributed by atoms with Crippen LogP contribution in [0.15, 0.2) is 99.6 Å². The van der Waals surface area contributed by atoms with E-state index < -0.39 is 5.97 Å². The van der Waals surface area contributed by atoms with Crippen LogP contribution in [-0.2, 0) is 9.63 Å². The van der Waals surface area contributed by atoms with Crippen molar-refractivity contribution in [2.45, 2.75) is 4.90 Å². The summed E-state index contributed by atoms with van der Waals surface area (Å²) in [5.74, 6) is -0.430. The average molecular weight is 360 g/mol. The van der Waals surface area contributed by atoms with Crippen LogP contribution >= 0.6 is 11.8 Å². The largest absolute Gasteiger partial charge is 0.368 e. The number of benzene rings is 2. The molecule has 0 bridgehead atoms. The van der Waals surface area contributed by atoms with Crippen molar-refractivity contribution in [3.05, 3.63) is 95.1 Å². The van der Waals surface area contributed by atoms with Crippen molar-refractivity contribution in [3.8, 4) is 0 Å². The van der Waals surface area contributed by atoms with Crippen LogP contribution in [0.1, 0.15) is 5.56 Å². The minimum Gasteiger partial charge on any atom is -0.338 e. The van der Waals surface area contributed by atoms with Gasteiger partial charge in [0, 0.05) is 17.5 Å². The molecule has 5 heteroatoms. The number of hydrogen-bond donors (Lipinski definition) is 0. The number of hydrogen-bond acceptors (Lipinski definition) is 5. The standard InChI is InChI=1S/C21H16N2O2S/c1-23-17-12-6-7-13-18(17)26-19(23)14-8-5-11-16-20(22-25-21(16)24)15-9-3-2-4-10-15/h2-14H,1H3/b8-5+,16-11+,19-14-. The third-order valence-corrected chi connectivity index (χ3v) is 5.31. The first kappa shape index (κ1) is 16.4. The van der Waals surface area contributed by atoms with Gasteiger partial charge >= 0.3 is 5.97 Å². The number of carbonyl (C=O) groups excluding carboxylic acids is 1. The maximum absolute atomic E-state index is 11.9. The van der Waals surface area contributed by atoms with Crippen LogP contribution in [0.3, 0.4) is 0 Å². The van der Waals surface area contributed by atoms with E-state index in [0.717, 1.165) is 10.6 Å². The normalized spacial score (nSPS) is 19.3. The number of anilines is 1. The number of allylic oxidation sites excluding steroid dienone is 4. The number of thioether (sulfide) groups is 1. The lowest BCUT2D eigenvalue weighted by molar-refractivity contribution is -0.136. The number of fused-ring (bicyclic) bond motifs is 1. The first-order valence-electron chi connectivity index (χ1n) is 8.18. The van der Waals surface area contributed by atoms with E-state index in [1.165, 1.54) is 10.6 Å². The van der Waals surface area contributed by atoms with Crippen molar-refractivity contribution in [2.75, 3.05) is 11.9 Å². The van der Waals surface area contributed by atoms with Crippen molar-refractivity contribution in [2.24, 2.45) is 5.16 Å². The second-order valence-corrected chi connectivity index (χ2v) is 6.85. The lowest BCUT2D eigenvalue weighted by Crippen LogP contribution is -2.08. The summed E-state index contributed by atoms with van der Waals surface area (Å²) in [7, 11) is 2.05. The zero-order valence-electron chi connectivity index (χ0n) is 14.1. The van der Waals surface area contributed by atoms with Crippen LogP contribution in [-0.4, -0.2) is 18.7 Å². The predicted molar refractivity (Wildman–Crippen MR) is 105 cm³/mol. The number of para-hydroxylation sites is 1. The van der Waals surface area contributed by atoms with Crippen LogP contribution < -0.4 is 4.90 Å². The summed E-state index contributed by atoms with van der Waals surface area (Å²) in [4.78, 5) is 20.2. The summed E-state index contributed by atoms with van der Waals surface area (Å²) < 4.78 is 0. The molecule has 4 rings (SSSR count). The number of nitrogens with zero attached hydrogens (tertiary/aromatic N) is 2. The van der Waals surface area contributed by atoms with Crippen molar-refractivity contribution in [1.82, 2.24) is 0 Å². The van der Waals surface area contributed by atoms with E-state index in [2.05, 4.69) is 22.2 Å². The summed E-state index contributed by atoms with van der Waals surface area (Å²) in [5, 5.41) is 5.03. The molecule has 0 amide bonds. The summed E-state index contributed by atoms with van der Waals surface area (Å²) in [6, 6.07) is 17.8. The molecule has 0 radical (unpaired) electrons. The van der Waals surface area contributed by atoms with Crippen LogP contribution in [0.25, 0.3) is 0 Å². The van der Waals surface area contributed by atoms with Crippen LogP contribution in [0.2, 0.25) is 0 Å². The van der Waals surface area contributed by atoms with Crippen molar-refractivity contribution < 1.29 is 9.63 Å². The minimum absolute atomic E-state index is 0.430. The zero-order chi connectivity index (χ0) is 17.9. The molecule has 2 aliphatic heterocycles. The molecule has 0 N–H and O–H groups in total. The summed E-state index contributed by atoms with van der Waals surface area (Å²) in [5.41, 5.74) is 3.08. The molecule has 2 heterocycles. The molecule has 0 aromatic heterocycles. The molecule has 4 nitrogen and oxygen atoms in total. The molecule has 26 heavy (non-hydrogen) atoms. The summed E-state index contributed by atoms with van der Waals surface area (Å²) in [6.45, 7) is 0. The lowest BCUT2D eigenvalue weighted by atomic mass is 10.0. The monoisotopic (exact) mass is 360 g/mol. The van der Waals surface area contributed by atoms with Gasteiger partial charge in [-0.1, -0.05) is 71.5 Å². The number of carbonyl (C=O) groups is 1. The van der Waals surface area contributed by atoms with Crippen molar-refractivity contribution >= 4 is 29.1 Å². The van der Waals surface area contributed by atoms with Crippen molar-refractivity contribution in [3.63, 3.8) is 0 Å². The third-order valence-electron chi connectivity index (χ3n) is 4.13. The fourth-order valence-electron chi connectivity index (χ4n) is 2.79. The second kappa shape index (κ2) is 7.06. The Bertz CT molecular complexity index is 975. The third kappa shape index (κ3) is 3.09. The second-order valence-electron chi connectivity index (χ2n) is 5.78. The molecular formula is C21H16N2O2S. The van der Waals surface area contributed by atoms with Gasteiger partial charge < -0.3 is 9.74 Å². The Balaban J connectivity index is 1.53. The van der Waals surface area contributed by atoms with E-state index in [-0.39, 0.29) is 0 Å². The van der Waals surface area contributed by atoms with Gasteiger partial charge in [-0.15, -0.1) is 0 Å². The average Bonchev–Trinajstić information content (AvgIpc) is 3.20. The van der Waals surface area contributed by atoms with Gasteiger partial charge in [-0.2, -0.15) is 0 Å². The topological polar surface area (TPSA) is 41.9 Å².